The van der Waals surface area contributed by atoms with Gasteiger partial charge in [0.05, 0.1) is 30.0 Å². The van der Waals surface area contributed by atoms with Crippen LogP contribution >= 0.6 is 0 Å². The minimum Gasteiger partial charge on any atom is -0.490 e. The van der Waals surface area contributed by atoms with Crippen molar-refractivity contribution in [1.82, 2.24) is 5.43 Å². The summed E-state index contributed by atoms with van der Waals surface area (Å²) in [4.78, 5) is 13.0. The van der Waals surface area contributed by atoms with E-state index in [4.69, 9.17) is 9.47 Å². The number of hydrazone groups is 1. The second-order valence-electron chi connectivity index (χ2n) is 8.90. The Morgan fingerprint density at radius 1 is 0.921 bits per heavy atom. The summed E-state index contributed by atoms with van der Waals surface area (Å²) in [6.45, 7) is 10.2. The van der Waals surface area contributed by atoms with Gasteiger partial charge < -0.3 is 9.47 Å². The van der Waals surface area contributed by atoms with Gasteiger partial charge in [0.15, 0.2) is 11.5 Å². The number of sulfonamides is 1. The predicted molar refractivity (Wildman–Crippen MR) is 151 cm³/mol. The normalized spacial score (nSPS) is 11.4. The maximum absolute atomic E-state index is 13.6. The average molecular weight is 538 g/mol. The van der Waals surface area contributed by atoms with E-state index in [0.717, 1.165) is 27.4 Å². The maximum atomic E-state index is 13.6. The number of carbonyl (C=O) groups excluding carboxylic acids is 1. The van der Waals surface area contributed by atoms with Crippen LogP contribution in [0.15, 0.2) is 70.7 Å². The minimum atomic E-state index is -4.01. The molecule has 38 heavy (non-hydrogen) atoms. The number of hydrogen-bond acceptors (Lipinski definition) is 6. The second kappa shape index (κ2) is 13.1. The van der Waals surface area contributed by atoms with Crippen LogP contribution in [-0.2, 0) is 14.8 Å². The molecule has 0 aromatic heterocycles. The molecule has 0 saturated heterocycles. The molecule has 3 aromatic carbocycles. The smallest absolute Gasteiger partial charge is 0.264 e. The van der Waals surface area contributed by atoms with Gasteiger partial charge in [0.2, 0.25) is 0 Å². The lowest BCUT2D eigenvalue weighted by molar-refractivity contribution is -0.119. The van der Waals surface area contributed by atoms with E-state index in [1.807, 2.05) is 46.8 Å². The molecule has 0 aliphatic heterocycles. The highest BCUT2D eigenvalue weighted by molar-refractivity contribution is 7.92. The van der Waals surface area contributed by atoms with Crippen molar-refractivity contribution in [3.05, 3.63) is 82.9 Å². The molecule has 9 heteroatoms. The number of hydrogen-bond donors (Lipinski definition) is 1. The van der Waals surface area contributed by atoms with Crippen molar-refractivity contribution in [3.63, 3.8) is 0 Å². The summed E-state index contributed by atoms with van der Waals surface area (Å²) < 4.78 is 39.7. The number of aryl methyl sites for hydroxylation is 3. The number of carbonyl (C=O) groups is 1. The van der Waals surface area contributed by atoms with Crippen LogP contribution < -0.4 is 19.2 Å². The quantitative estimate of drug-likeness (QED) is 0.255. The zero-order valence-electron chi connectivity index (χ0n) is 22.5. The van der Waals surface area contributed by atoms with Gasteiger partial charge >= 0.3 is 0 Å². The number of nitrogens with one attached hydrogen (secondary N) is 1. The zero-order chi connectivity index (χ0) is 27.7. The Hall–Kier alpha value is -3.85. The van der Waals surface area contributed by atoms with E-state index in [0.29, 0.717) is 36.0 Å². The van der Waals surface area contributed by atoms with Gasteiger partial charge in [0, 0.05) is 0 Å². The van der Waals surface area contributed by atoms with Crippen molar-refractivity contribution in [2.24, 2.45) is 5.10 Å². The molecular weight excluding hydrogens is 502 g/mol. The summed E-state index contributed by atoms with van der Waals surface area (Å²) >= 11 is 0. The number of amides is 1. The number of rotatable bonds is 12. The van der Waals surface area contributed by atoms with E-state index in [-0.39, 0.29) is 4.90 Å². The average Bonchev–Trinajstić information content (AvgIpc) is 2.87. The SMILES string of the molecule is CCCOc1ccc(/C=N\NC(=O)CN(c2ccc(C)cc2C)S(=O)(=O)c2ccc(C)cc2)cc1OCC. The molecule has 0 radical (unpaired) electrons. The van der Waals surface area contributed by atoms with E-state index in [9.17, 15) is 13.2 Å². The van der Waals surface area contributed by atoms with Crippen LogP contribution in [0, 0.1) is 20.8 Å². The van der Waals surface area contributed by atoms with Gasteiger partial charge in [-0.2, -0.15) is 5.10 Å². The van der Waals surface area contributed by atoms with Gasteiger partial charge in [-0.05, 0) is 81.6 Å². The molecule has 3 aromatic rings. The summed E-state index contributed by atoms with van der Waals surface area (Å²) in [5, 5.41) is 4.04. The first-order valence-electron chi connectivity index (χ1n) is 12.5. The largest absolute Gasteiger partial charge is 0.490 e. The van der Waals surface area contributed by atoms with Crippen molar-refractivity contribution >= 4 is 27.8 Å². The lowest BCUT2D eigenvalue weighted by Gasteiger charge is -2.25. The van der Waals surface area contributed by atoms with Gasteiger partial charge in [-0.15, -0.1) is 0 Å². The number of ether oxygens (including phenoxy) is 2. The number of benzene rings is 3. The summed E-state index contributed by atoms with van der Waals surface area (Å²) in [5.41, 5.74) is 6.24. The van der Waals surface area contributed by atoms with E-state index < -0.39 is 22.5 Å². The molecule has 1 N–H and O–H groups in total. The van der Waals surface area contributed by atoms with Crippen molar-refractivity contribution < 1.29 is 22.7 Å². The van der Waals surface area contributed by atoms with Crippen molar-refractivity contribution in [2.75, 3.05) is 24.1 Å². The first kappa shape index (κ1) is 28.7. The van der Waals surface area contributed by atoms with Gasteiger partial charge in [0.1, 0.15) is 6.54 Å². The molecule has 8 nitrogen and oxygen atoms in total. The molecule has 3 rings (SSSR count). The van der Waals surface area contributed by atoms with Gasteiger partial charge in [0.25, 0.3) is 15.9 Å². The Labute approximate surface area is 225 Å². The monoisotopic (exact) mass is 537 g/mol. The third-order valence-corrected chi connectivity index (χ3v) is 7.42. The first-order chi connectivity index (χ1) is 18.1. The highest BCUT2D eigenvalue weighted by Gasteiger charge is 2.28. The Morgan fingerprint density at radius 3 is 2.29 bits per heavy atom. The van der Waals surface area contributed by atoms with E-state index in [2.05, 4.69) is 10.5 Å². The third kappa shape index (κ3) is 7.35. The topological polar surface area (TPSA) is 97.3 Å². The molecule has 0 atom stereocenters. The lowest BCUT2D eigenvalue weighted by atomic mass is 10.1. The van der Waals surface area contributed by atoms with Crippen LogP contribution in [0.25, 0.3) is 0 Å². The zero-order valence-corrected chi connectivity index (χ0v) is 23.3. The fraction of sp³-hybridized carbons (Fsp3) is 0.310. The molecular formula is C29H35N3O5S. The number of nitrogens with zero attached hydrogens (tertiary/aromatic N) is 2. The van der Waals surface area contributed by atoms with Gasteiger partial charge in [-0.3, -0.25) is 9.10 Å². The Balaban J connectivity index is 1.82. The molecule has 0 saturated carbocycles. The third-order valence-electron chi connectivity index (χ3n) is 5.65. The molecule has 0 fully saturated rings. The van der Waals surface area contributed by atoms with Crippen LogP contribution in [0.5, 0.6) is 11.5 Å². The fourth-order valence-electron chi connectivity index (χ4n) is 3.77. The molecule has 0 bridgehead atoms. The lowest BCUT2D eigenvalue weighted by Crippen LogP contribution is -2.40. The molecule has 0 aliphatic carbocycles. The fourth-order valence-corrected chi connectivity index (χ4v) is 5.26. The summed E-state index contributed by atoms with van der Waals surface area (Å²) in [6, 6.07) is 17.3. The number of anilines is 1. The van der Waals surface area contributed by atoms with E-state index >= 15 is 0 Å². The Bertz CT molecular complexity index is 1390. The summed E-state index contributed by atoms with van der Waals surface area (Å²) in [7, 11) is -4.01. The van der Waals surface area contributed by atoms with Crippen LogP contribution in [0.1, 0.15) is 42.5 Å². The molecule has 0 unspecified atom stereocenters. The highest BCUT2D eigenvalue weighted by Crippen LogP contribution is 2.29. The van der Waals surface area contributed by atoms with Crippen LogP contribution in [0.4, 0.5) is 5.69 Å². The molecule has 0 aliphatic rings. The van der Waals surface area contributed by atoms with Crippen LogP contribution in [-0.4, -0.2) is 40.3 Å². The summed E-state index contributed by atoms with van der Waals surface area (Å²) in [6.07, 6.45) is 2.35. The van der Waals surface area contributed by atoms with E-state index in [1.165, 1.54) is 6.21 Å². The molecule has 0 spiro atoms. The van der Waals surface area contributed by atoms with Crippen molar-refractivity contribution in [2.45, 2.75) is 45.9 Å². The maximum Gasteiger partial charge on any atom is 0.264 e. The van der Waals surface area contributed by atoms with Gasteiger partial charge in [-0.25, -0.2) is 13.8 Å². The van der Waals surface area contributed by atoms with E-state index in [1.54, 1.807) is 48.5 Å². The molecule has 202 valence electrons. The van der Waals surface area contributed by atoms with Crippen LogP contribution in [0.2, 0.25) is 0 Å². The van der Waals surface area contributed by atoms with Crippen LogP contribution in [0.3, 0.4) is 0 Å². The standard InChI is InChI=1S/C29H35N3O5S/c1-6-16-37-27-15-11-24(18-28(27)36-7-2)19-30-31-29(33)20-32(26-14-10-22(4)17-23(26)5)38(34,35)25-12-8-21(3)9-13-25/h8-15,17-19H,6-7,16,20H2,1-5H3,(H,31,33)/b30-19-. The predicted octanol–water partition coefficient (Wildman–Crippen LogP) is 5.14. The Kier molecular flexibility index (Phi) is 9.90. The molecule has 1 amide bonds. The van der Waals surface area contributed by atoms with Gasteiger partial charge in [-0.1, -0.05) is 42.3 Å². The second-order valence-corrected chi connectivity index (χ2v) is 10.8. The minimum absolute atomic E-state index is 0.105. The van der Waals surface area contributed by atoms with Crippen molar-refractivity contribution in [1.29, 1.82) is 0 Å². The van der Waals surface area contributed by atoms with Crippen molar-refractivity contribution in [3.8, 4) is 11.5 Å². The highest BCUT2D eigenvalue weighted by atomic mass is 32.2. The summed E-state index contributed by atoms with van der Waals surface area (Å²) in [5.74, 6) is 0.645. The Morgan fingerprint density at radius 2 is 1.63 bits per heavy atom. The first-order valence-corrected chi connectivity index (χ1v) is 14.0. The molecule has 0 heterocycles.